The average molecular weight is 404 g/mol. The zero-order valence-corrected chi connectivity index (χ0v) is 17.0. The van der Waals surface area contributed by atoms with E-state index in [1.54, 1.807) is 19.5 Å². The summed E-state index contributed by atoms with van der Waals surface area (Å²) in [6.07, 6.45) is 5.34. The van der Waals surface area contributed by atoms with Crippen molar-refractivity contribution in [2.45, 2.75) is 31.9 Å². The maximum Gasteiger partial charge on any atom is 0.258 e. The van der Waals surface area contributed by atoms with E-state index in [9.17, 15) is 4.79 Å². The number of rotatable bonds is 5. The fourth-order valence-corrected chi connectivity index (χ4v) is 4.70. The van der Waals surface area contributed by atoms with E-state index < -0.39 is 0 Å². The number of aromatic nitrogens is 3. The number of pyridine rings is 1. The van der Waals surface area contributed by atoms with Crippen molar-refractivity contribution in [2.75, 3.05) is 13.7 Å². The highest BCUT2D eigenvalue weighted by Crippen LogP contribution is 2.42. The van der Waals surface area contributed by atoms with Crippen LogP contribution in [0.2, 0.25) is 0 Å². The minimum atomic E-state index is -0.0479. The molecule has 1 aromatic carbocycles. The van der Waals surface area contributed by atoms with Crippen LogP contribution >= 0.6 is 0 Å². The molecule has 1 saturated heterocycles. The Morgan fingerprint density at radius 2 is 2.10 bits per heavy atom. The van der Waals surface area contributed by atoms with Gasteiger partial charge in [-0.05, 0) is 43.4 Å². The van der Waals surface area contributed by atoms with Crippen LogP contribution in [0.4, 0.5) is 0 Å². The summed E-state index contributed by atoms with van der Waals surface area (Å²) in [6, 6.07) is 11.4. The quantitative estimate of drug-likeness (QED) is 0.704. The molecule has 30 heavy (non-hydrogen) atoms. The fourth-order valence-electron chi connectivity index (χ4n) is 4.70. The second kappa shape index (κ2) is 7.48. The number of H-pyrrole nitrogens is 1. The number of nitrogens with one attached hydrogen (secondary N) is 1. The molecule has 3 atom stereocenters. The van der Waals surface area contributed by atoms with Crippen LogP contribution in [-0.4, -0.2) is 51.8 Å². The number of ether oxygens (including phenoxy) is 2. The minimum Gasteiger partial charge on any atom is -0.496 e. The molecule has 5 rings (SSSR count). The molecule has 1 aliphatic heterocycles. The molecule has 2 fully saturated rings. The van der Waals surface area contributed by atoms with Crippen LogP contribution in [0.15, 0.2) is 48.8 Å². The number of benzene rings is 1. The Kier molecular flexibility index (Phi) is 4.65. The smallest absolute Gasteiger partial charge is 0.258 e. The van der Waals surface area contributed by atoms with Gasteiger partial charge in [-0.3, -0.25) is 9.89 Å². The van der Waals surface area contributed by atoms with E-state index in [0.717, 1.165) is 36.2 Å². The number of aryl methyl sites for hydroxylation is 1. The van der Waals surface area contributed by atoms with Gasteiger partial charge in [0.15, 0.2) is 0 Å². The lowest BCUT2D eigenvalue weighted by molar-refractivity contribution is 0.0464. The lowest BCUT2D eigenvalue weighted by Gasteiger charge is -2.33. The summed E-state index contributed by atoms with van der Waals surface area (Å²) in [6.45, 7) is 2.74. The predicted molar refractivity (Wildman–Crippen MR) is 112 cm³/mol. The van der Waals surface area contributed by atoms with E-state index in [4.69, 9.17) is 9.47 Å². The van der Waals surface area contributed by atoms with Crippen molar-refractivity contribution in [3.63, 3.8) is 0 Å². The van der Waals surface area contributed by atoms with Crippen LogP contribution < -0.4 is 9.47 Å². The Morgan fingerprint density at radius 1 is 1.20 bits per heavy atom. The van der Waals surface area contributed by atoms with Crippen molar-refractivity contribution < 1.29 is 14.3 Å². The normalized spacial score (nSPS) is 22.3. The Labute approximate surface area is 175 Å². The van der Waals surface area contributed by atoms with Crippen LogP contribution in [0.3, 0.4) is 0 Å². The van der Waals surface area contributed by atoms with E-state index >= 15 is 0 Å². The first kappa shape index (κ1) is 18.7. The Balaban J connectivity index is 1.44. The lowest BCUT2D eigenvalue weighted by atomic mass is 10.00. The number of fused-ring (bicyclic) bond motifs is 2. The summed E-state index contributed by atoms with van der Waals surface area (Å²) < 4.78 is 11.7. The van der Waals surface area contributed by atoms with Gasteiger partial charge in [0.1, 0.15) is 11.9 Å². The summed E-state index contributed by atoms with van der Waals surface area (Å²) in [5.41, 5.74) is 3.23. The maximum absolute atomic E-state index is 13.7. The summed E-state index contributed by atoms with van der Waals surface area (Å²) in [5, 5.41) is 7.00. The van der Waals surface area contributed by atoms with Crippen LogP contribution in [0.1, 0.15) is 28.8 Å². The second-order valence-corrected chi connectivity index (χ2v) is 8.05. The van der Waals surface area contributed by atoms with Gasteiger partial charge in [0.05, 0.1) is 24.4 Å². The number of hydrogen-bond acceptors (Lipinski definition) is 5. The van der Waals surface area contributed by atoms with Gasteiger partial charge in [-0.1, -0.05) is 18.2 Å². The summed E-state index contributed by atoms with van der Waals surface area (Å²) >= 11 is 0. The Morgan fingerprint density at radius 3 is 2.80 bits per heavy atom. The average Bonchev–Trinajstić information content (AvgIpc) is 3.51. The number of methoxy groups -OCH3 is 1. The number of carbonyl (C=O) groups excluding carboxylic acids is 1. The van der Waals surface area contributed by atoms with Crippen molar-refractivity contribution in [1.82, 2.24) is 20.1 Å². The van der Waals surface area contributed by atoms with Crippen LogP contribution in [-0.2, 0) is 0 Å². The predicted octanol–water partition coefficient (Wildman–Crippen LogP) is 3.47. The van der Waals surface area contributed by atoms with Crippen molar-refractivity contribution in [3.05, 3.63) is 59.9 Å². The molecule has 1 N–H and O–H groups in total. The molecule has 2 aliphatic rings. The third-order valence-corrected chi connectivity index (χ3v) is 6.09. The first-order valence-corrected chi connectivity index (χ1v) is 10.2. The topological polar surface area (TPSA) is 80.3 Å². The van der Waals surface area contributed by atoms with E-state index in [1.807, 2.05) is 48.2 Å². The molecule has 154 valence electrons. The third-order valence-electron chi connectivity index (χ3n) is 6.09. The summed E-state index contributed by atoms with van der Waals surface area (Å²) in [7, 11) is 1.59. The number of aromatic amines is 1. The maximum atomic E-state index is 13.7. The standard InChI is InChI=1S/C23H24N4O3/c1-14-6-7-21(24-12-14)30-20-11-15-10-18(20)27(13-15)23(28)22-16(17-8-9-25-26-17)4-3-5-19(22)29-2/h3-9,12,15,18,20H,10-11,13H2,1-2H3,(H,25,26). The molecule has 3 aromatic rings. The summed E-state index contributed by atoms with van der Waals surface area (Å²) in [5.74, 6) is 1.59. The van der Waals surface area contributed by atoms with Gasteiger partial charge in [0.25, 0.3) is 5.91 Å². The fraction of sp³-hybridized carbons (Fsp3) is 0.348. The monoisotopic (exact) mass is 404 g/mol. The van der Waals surface area contributed by atoms with Crippen molar-refractivity contribution in [3.8, 4) is 22.9 Å². The first-order valence-electron chi connectivity index (χ1n) is 10.2. The molecule has 1 amide bonds. The Bertz CT molecular complexity index is 1050. The highest BCUT2D eigenvalue weighted by molar-refractivity contribution is 6.03. The zero-order chi connectivity index (χ0) is 20.7. The van der Waals surface area contributed by atoms with E-state index in [-0.39, 0.29) is 18.1 Å². The van der Waals surface area contributed by atoms with Crippen molar-refractivity contribution in [1.29, 1.82) is 0 Å². The van der Waals surface area contributed by atoms with Crippen molar-refractivity contribution >= 4 is 5.91 Å². The number of carbonyl (C=O) groups is 1. The SMILES string of the molecule is COc1cccc(-c2ccn[nH]2)c1C(=O)N1CC2CC(Oc3ccc(C)cn3)C1C2. The number of amides is 1. The lowest BCUT2D eigenvalue weighted by Crippen LogP contribution is -2.47. The molecule has 1 aliphatic carbocycles. The van der Waals surface area contributed by atoms with Crippen molar-refractivity contribution in [2.24, 2.45) is 5.92 Å². The van der Waals surface area contributed by atoms with Gasteiger partial charge < -0.3 is 14.4 Å². The van der Waals surface area contributed by atoms with Crippen LogP contribution in [0, 0.1) is 12.8 Å². The first-order chi connectivity index (χ1) is 14.6. The van der Waals surface area contributed by atoms with E-state index in [2.05, 4.69) is 15.2 Å². The summed E-state index contributed by atoms with van der Waals surface area (Å²) in [4.78, 5) is 20.0. The molecule has 3 unspecified atom stereocenters. The Hall–Kier alpha value is -3.35. The number of piperidine rings is 1. The van der Waals surface area contributed by atoms with E-state index in [1.165, 1.54) is 0 Å². The van der Waals surface area contributed by atoms with Gasteiger partial charge in [-0.25, -0.2) is 4.98 Å². The molecule has 2 aromatic heterocycles. The number of likely N-dealkylation sites (tertiary alicyclic amines) is 1. The van der Waals surface area contributed by atoms with Crippen LogP contribution in [0.5, 0.6) is 11.6 Å². The van der Waals surface area contributed by atoms with E-state index in [0.29, 0.717) is 23.1 Å². The van der Waals surface area contributed by atoms with Gasteiger partial charge in [0.2, 0.25) is 5.88 Å². The minimum absolute atomic E-state index is 0.0325. The van der Waals surface area contributed by atoms with Gasteiger partial charge in [-0.15, -0.1) is 0 Å². The molecular weight excluding hydrogens is 380 g/mol. The highest BCUT2D eigenvalue weighted by Gasteiger charge is 2.49. The van der Waals surface area contributed by atoms with Gasteiger partial charge in [-0.2, -0.15) is 5.10 Å². The largest absolute Gasteiger partial charge is 0.496 e. The molecule has 0 spiro atoms. The van der Waals surface area contributed by atoms with Crippen LogP contribution in [0.25, 0.3) is 11.3 Å². The zero-order valence-electron chi connectivity index (χ0n) is 17.0. The highest BCUT2D eigenvalue weighted by atomic mass is 16.5. The molecule has 1 saturated carbocycles. The molecule has 2 bridgehead atoms. The second-order valence-electron chi connectivity index (χ2n) is 8.05. The third kappa shape index (κ3) is 3.20. The number of hydrogen-bond donors (Lipinski definition) is 1. The van der Waals surface area contributed by atoms with Gasteiger partial charge in [0, 0.05) is 30.6 Å². The molecule has 0 radical (unpaired) electrons. The molecular formula is C23H24N4O3. The van der Waals surface area contributed by atoms with Gasteiger partial charge >= 0.3 is 0 Å². The number of nitrogens with zero attached hydrogens (tertiary/aromatic N) is 3. The molecule has 3 heterocycles. The molecule has 7 heteroatoms. The molecule has 7 nitrogen and oxygen atoms in total.